The third-order valence-corrected chi connectivity index (χ3v) is 2.32. The van der Waals surface area contributed by atoms with E-state index in [-0.39, 0.29) is 0 Å². The Kier molecular flexibility index (Phi) is 4.56. The maximum atomic E-state index is 5.65. The minimum absolute atomic E-state index is 0.605. The van der Waals surface area contributed by atoms with Crippen molar-refractivity contribution in [2.45, 2.75) is 27.3 Å². The predicted molar refractivity (Wildman–Crippen MR) is 64.4 cm³/mol. The van der Waals surface area contributed by atoms with Crippen LogP contribution in [-0.2, 0) is 6.54 Å². The molecule has 1 heterocycles. The zero-order valence-corrected chi connectivity index (χ0v) is 9.90. The fourth-order valence-electron chi connectivity index (χ4n) is 1.67. The lowest BCUT2D eigenvalue weighted by atomic mass is 10.2. The second-order valence-corrected chi connectivity index (χ2v) is 4.31. The standard InChI is InChI=1S/C12H21N3/c1-4-15(8-10(2)3)9-11-5-6-14-12(13)7-11/h5-7,10H,4,8-9H2,1-3H3,(H2,13,14). The van der Waals surface area contributed by atoms with Crippen molar-refractivity contribution >= 4 is 5.82 Å². The average molecular weight is 207 g/mol. The maximum absolute atomic E-state index is 5.65. The van der Waals surface area contributed by atoms with Crippen LogP contribution in [0.4, 0.5) is 5.82 Å². The highest BCUT2D eigenvalue weighted by Gasteiger charge is 2.06. The molecule has 3 nitrogen and oxygen atoms in total. The van der Waals surface area contributed by atoms with Crippen molar-refractivity contribution in [3.63, 3.8) is 0 Å². The molecule has 15 heavy (non-hydrogen) atoms. The first kappa shape index (κ1) is 12.0. The smallest absolute Gasteiger partial charge is 0.123 e. The van der Waals surface area contributed by atoms with Gasteiger partial charge in [0.25, 0.3) is 0 Å². The van der Waals surface area contributed by atoms with Crippen molar-refractivity contribution in [1.29, 1.82) is 0 Å². The van der Waals surface area contributed by atoms with Crippen molar-refractivity contribution in [3.8, 4) is 0 Å². The molecule has 0 amide bonds. The summed E-state index contributed by atoms with van der Waals surface area (Å²) in [5, 5.41) is 0. The Morgan fingerprint density at radius 1 is 1.47 bits per heavy atom. The van der Waals surface area contributed by atoms with Crippen LogP contribution in [0.25, 0.3) is 0 Å². The molecule has 0 aliphatic rings. The van der Waals surface area contributed by atoms with E-state index in [1.165, 1.54) is 5.56 Å². The van der Waals surface area contributed by atoms with Crippen LogP contribution < -0.4 is 5.73 Å². The van der Waals surface area contributed by atoms with Gasteiger partial charge in [0.15, 0.2) is 0 Å². The largest absolute Gasteiger partial charge is 0.384 e. The quantitative estimate of drug-likeness (QED) is 0.804. The lowest BCUT2D eigenvalue weighted by molar-refractivity contribution is 0.248. The van der Waals surface area contributed by atoms with Crippen molar-refractivity contribution in [2.24, 2.45) is 5.92 Å². The Labute approximate surface area is 92.3 Å². The summed E-state index contributed by atoms with van der Waals surface area (Å²) in [5.74, 6) is 1.30. The minimum atomic E-state index is 0.605. The van der Waals surface area contributed by atoms with Gasteiger partial charge in [-0.3, -0.25) is 4.90 Å². The van der Waals surface area contributed by atoms with E-state index in [2.05, 4.69) is 30.7 Å². The van der Waals surface area contributed by atoms with Gasteiger partial charge in [-0.1, -0.05) is 20.8 Å². The van der Waals surface area contributed by atoms with Crippen LogP contribution in [0.2, 0.25) is 0 Å². The molecule has 0 saturated heterocycles. The van der Waals surface area contributed by atoms with Gasteiger partial charge in [0.2, 0.25) is 0 Å². The highest BCUT2D eigenvalue weighted by Crippen LogP contribution is 2.08. The summed E-state index contributed by atoms with van der Waals surface area (Å²) in [7, 11) is 0. The number of nitrogens with zero attached hydrogens (tertiary/aromatic N) is 2. The number of pyridine rings is 1. The summed E-state index contributed by atoms with van der Waals surface area (Å²) in [6.07, 6.45) is 1.77. The molecule has 0 bridgehead atoms. The zero-order chi connectivity index (χ0) is 11.3. The molecule has 0 aliphatic carbocycles. The van der Waals surface area contributed by atoms with Crippen LogP contribution in [0.5, 0.6) is 0 Å². The number of hydrogen-bond acceptors (Lipinski definition) is 3. The lowest BCUT2D eigenvalue weighted by Crippen LogP contribution is -2.27. The van der Waals surface area contributed by atoms with Gasteiger partial charge in [-0.25, -0.2) is 4.98 Å². The van der Waals surface area contributed by atoms with Crippen LogP contribution in [0.15, 0.2) is 18.3 Å². The maximum Gasteiger partial charge on any atom is 0.123 e. The molecule has 3 heteroatoms. The fourth-order valence-corrected chi connectivity index (χ4v) is 1.67. The molecule has 0 atom stereocenters. The first-order valence-electron chi connectivity index (χ1n) is 5.54. The van der Waals surface area contributed by atoms with Gasteiger partial charge in [0, 0.05) is 19.3 Å². The monoisotopic (exact) mass is 207 g/mol. The summed E-state index contributed by atoms with van der Waals surface area (Å²) in [4.78, 5) is 6.41. The van der Waals surface area contributed by atoms with Crippen LogP contribution in [0.1, 0.15) is 26.3 Å². The molecular weight excluding hydrogens is 186 g/mol. The third kappa shape index (κ3) is 4.30. The van der Waals surface area contributed by atoms with Crippen molar-refractivity contribution < 1.29 is 0 Å². The Hall–Kier alpha value is -1.09. The van der Waals surface area contributed by atoms with E-state index in [0.29, 0.717) is 11.7 Å². The summed E-state index contributed by atoms with van der Waals surface area (Å²) in [6.45, 7) is 9.82. The normalized spacial score (nSPS) is 11.3. The summed E-state index contributed by atoms with van der Waals surface area (Å²) < 4.78 is 0. The van der Waals surface area contributed by atoms with Gasteiger partial charge in [0.1, 0.15) is 5.82 Å². The molecule has 1 aromatic rings. The van der Waals surface area contributed by atoms with Crippen molar-refractivity contribution in [1.82, 2.24) is 9.88 Å². The topological polar surface area (TPSA) is 42.2 Å². The Morgan fingerprint density at radius 3 is 2.73 bits per heavy atom. The number of anilines is 1. The molecule has 0 spiro atoms. The van der Waals surface area contributed by atoms with Crippen molar-refractivity contribution in [2.75, 3.05) is 18.8 Å². The highest BCUT2D eigenvalue weighted by molar-refractivity contribution is 5.31. The second kappa shape index (κ2) is 5.71. The molecule has 0 saturated carbocycles. The molecule has 0 fully saturated rings. The SMILES string of the molecule is CCN(Cc1ccnc(N)c1)CC(C)C. The highest BCUT2D eigenvalue weighted by atomic mass is 15.1. The number of nitrogen functional groups attached to an aromatic ring is 1. The molecule has 1 rings (SSSR count). The van der Waals surface area contributed by atoms with Crippen LogP contribution in [0, 0.1) is 5.92 Å². The van der Waals surface area contributed by atoms with E-state index in [9.17, 15) is 0 Å². The third-order valence-electron chi connectivity index (χ3n) is 2.32. The summed E-state index contributed by atoms with van der Waals surface area (Å²) in [6, 6.07) is 3.97. The van der Waals surface area contributed by atoms with Crippen LogP contribution in [-0.4, -0.2) is 23.0 Å². The Bertz CT molecular complexity index is 297. The first-order chi connectivity index (χ1) is 7.11. The van der Waals surface area contributed by atoms with E-state index in [0.717, 1.165) is 19.6 Å². The zero-order valence-electron chi connectivity index (χ0n) is 9.90. The van der Waals surface area contributed by atoms with Gasteiger partial charge in [-0.05, 0) is 30.2 Å². The number of hydrogen-bond donors (Lipinski definition) is 1. The minimum Gasteiger partial charge on any atom is -0.384 e. The second-order valence-electron chi connectivity index (χ2n) is 4.31. The summed E-state index contributed by atoms with van der Waals surface area (Å²) in [5.41, 5.74) is 6.89. The number of rotatable bonds is 5. The first-order valence-corrected chi connectivity index (χ1v) is 5.54. The van der Waals surface area contributed by atoms with Gasteiger partial charge in [-0.2, -0.15) is 0 Å². The molecule has 84 valence electrons. The number of aromatic nitrogens is 1. The van der Waals surface area contributed by atoms with Crippen LogP contribution >= 0.6 is 0 Å². The van der Waals surface area contributed by atoms with E-state index >= 15 is 0 Å². The molecular formula is C12H21N3. The molecule has 0 unspecified atom stereocenters. The predicted octanol–water partition coefficient (Wildman–Crippen LogP) is 2.14. The summed E-state index contributed by atoms with van der Waals surface area (Å²) >= 11 is 0. The van der Waals surface area contributed by atoms with E-state index in [1.807, 2.05) is 12.1 Å². The molecule has 0 radical (unpaired) electrons. The number of nitrogens with two attached hydrogens (primary N) is 1. The molecule has 2 N–H and O–H groups in total. The van der Waals surface area contributed by atoms with E-state index < -0.39 is 0 Å². The van der Waals surface area contributed by atoms with Gasteiger partial charge >= 0.3 is 0 Å². The molecule has 1 aromatic heterocycles. The Balaban J connectivity index is 2.58. The average Bonchev–Trinajstić information content (AvgIpc) is 2.16. The van der Waals surface area contributed by atoms with Gasteiger partial charge in [-0.15, -0.1) is 0 Å². The van der Waals surface area contributed by atoms with Crippen molar-refractivity contribution in [3.05, 3.63) is 23.9 Å². The fraction of sp³-hybridized carbons (Fsp3) is 0.583. The molecule has 0 aromatic carbocycles. The lowest BCUT2D eigenvalue weighted by Gasteiger charge is -2.22. The Morgan fingerprint density at radius 2 is 2.20 bits per heavy atom. The van der Waals surface area contributed by atoms with E-state index in [1.54, 1.807) is 6.20 Å². The molecule has 0 aliphatic heterocycles. The van der Waals surface area contributed by atoms with Gasteiger partial charge < -0.3 is 5.73 Å². The van der Waals surface area contributed by atoms with E-state index in [4.69, 9.17) is 5.73 Å². The van der Waals surface area contributed by atoms with Gasteiger partial charge in [0.05, 0.1) is 0 Å². The van der Waals surface area contributed by atoms with Crippen LogP contribution in [0.3, 0.4) is 0 Å².